The molecular weight excluding hydrogens is 192 g/mol. The predicted molar refractivity (Wildman–Crippen MR) is 55.7 cm³/mol. The highest BCUT2D eigenvalue weighted by Gasteiger charge is 2.22. The van der Waals surface area contributed by atoms with Crippen LogP contribution in [0.1, 0.15) is 12.7 Å². The van der Waals surface area contributed by atoms with E-state index < -0.39 is 0 Å². The maximum absolute atomic E-state index is 12.0. The number of fused-ring (bicyclic) bond motifs is 2. The summed E-state index contributed by atoms with van der Waals surface area (Å²) in [6, 6.07) is 7.33. The van der Waals surface area contributed by atoms with Crippen LogP contribution in [-0.4, -0.2) is 15.8 Å². The standard InChI is InChI=1S/C11H10N2O2/c1-7-6-10-12-9-5-3-2-4-8(9)11(14)13(10)15-7/h2-5,7H,6H2,1H3/t7-/m1/s1. The maximum atomic E-state index is 12.0. The van der Waals surface area contributed by atoms with E-state index in [0.717, 1.165) is 5.52 Å². The molecular formula is C11H10N2O2. The molecule has 15 heavy (non-hydrogen) atoms. The van der Waals surface area contributed by atoms with Crippen molar-refractivity contribution < 1.29 is 4.84 Å². The van der Waals surface area contributed by atoms with Gasteiger partial charge < -0.3 is 4.84 Å². The van der Waals surface area contributed by atoms with Gasteiger partial charge in [-0.05, 0) is 19.1 Å². The topological polar surface area (TPSA) is 44.1 Å². The molecule has 2 aromatic rings. The van der Waals surface area contributed by atoms with Gasteiger partial charge in [0.25, 0.3) is 5.56 Å². The van der Waals surface area contributed by atoms with Crippen molar-refractivity contribution in [2.24, 2.45) is 0 Å². The van der Waals surface area contributed by atoms with Crippen molar-refractivity contribution in [3.63, 3.8) is 0 Å². The number of benzene rings is 1. The van der Waals surface area contributed by atoms with Crippen LogP contribution in [0.5, 0.6) is 0 Å². The van der Waals surface area contributed by atoms with Crippen LogP contribution in [0, 0.1) is 0 Å². The molecule has 0 unspecified atom stereocenters. The molecule has 0 N–H and O–H groups in total. The lowest BCUT2D eigenvalue weighted by Gasteiger charge is -2.04. The lowest BCUT2D eigenvalue weighted by atomic mass is 10.2. The van der Waals surface area contributed by atoms with E-state index in [2.05, 4.69) is 4.98 Å². The third-order valence-corrected chi connectivity index (χ3v) is 2.56. The lowest BCUT2D eigenvalue weighted by molar-refractivity contribution is 0.0813. The quantitative estimate of drug-likeness (QED) is 0.633. The van der Waals surface area contributed by atoms with Crippen LogP contribution >= 0.6 is 0 Å². The van der Waals surface area contributed by atoms with Gasteiger partial charge in [-0.1, -0.05) is 12.1 Å². The number of hydrogen-bond acceptors (Lipinski definition) is 3. The van der Waals surface area contributed by atoms with Crippen molar-refractivity contribution in [3.8, 4) is 0 Å². The fourth-order valence-corrected chi connectivity index (χ4v) is 1.87. The molecule has 4 heteroatoms. The second kappa shape index (κ2) is 2.82. The van der Waals surface area contributed by atoms with Crippen molar-refractivity contribution in [2.45, 2.75) is 19.4 Å². The Morgan fingerprint density at radius 2 is 2.27 bits per heavy atom. The van der Waals surface area contributed by atoms with Crippen LogP contribution in [-0.2, 0) is 6.42 Å². The molecule has 1 atom stereocenters. The van der Waals surface area contributed by atoms with E-state index in [-0.39, 0.29) is 11.7 Å². The van der Waals surface area contributed by atoms with Gasteiger partial charge in [-0.15, -0.1) is 4.73 Å². The van der Waals surface area contributed by atoms with Gasteiger partial charge in [0.15, 0.2) is 5.82 Å². The Morgan fingerprint density at radius 1 is 1.47 bits per heavy atom. The zero-order valence-corrected chi connectivity index (χ0v) is 8.30. The average Bonchev–Trinajstić information content (AvgIpc) is 2.59. The first kappa shape index (κ1) is 8.47. The SMILES string of the molecule is C[C@@H]1Cc2nc3ccccc3c(=O)n2O1. The summed E-state index contributed by atoms with van der Waals surface area (Å²) in [6.45, 7) is 1.93. The third kappa shape index (κ3) is 1.14. The molecule has 0 aliphatic carbocycles. The van der Waals surface area contributed by atoms with E-state index in [1.807, 2.05) is 25.1 Å². The van der Waals surface area contributed by atoms with Gasteiger partial charge in [0.1, 0.15) is 6.10 Å². The summed E-state index contributed by atoms with van der Waals surface area (Å²) in [4.78, 5) is 21.8. The molecule has 0 spiro atoms. The summed E-state index contributed by atoms with van der Waals surface area (Å²) in [7, 11) is 0. The summed E-state index contributed by atoms with van der Waals surface area (Å²) in [5.74, 6) is 0.714. The Kier molecular flexibility index (Phi) is 1.59. The molecule has 0 fully saturated rings. The van der Waals surface area contributed by atoms with Crippen LogP contribution in [0.15, 0.2) is 29.1 Å². The molecule has 0 saturated carbocycles. The molecule has 3 rings (SSSR count). The zero-order valence-electron chi connectivity index (χ0n) is 8.30. The van der Waals surface area contributed by atoms with Crippen molar-refractivity contribution in [2.75, 3.05) is 0 Å². The van der Waals surface area contributed by atoms with Gasteiger partial charge in [-0.3, -0.25) is 4.79 Å². The predicted octanol–water partition coefficient (Wildman–Crippen LogP) is 0.770. The highest BCUT2D eigenvalue weighted by Crippen LogP contribution is 2.12. The summed E-state index contributed by atoms with van der Waals surface area (Å²) in [5, 5.41) is 0.607. The van der Waals surface area contributed by atoms with Gasteiger partial charge in [0, 0.05) is 6.42 Å². The monoisotopic (exact) mass is 202 g/mol. The Morgan fingerprint density at radius 3 is 3.13 bits per heavy atom. The molecule has 2 heterocycles. The minimum atomic E-state index is -0.111. The van der Waals surface area contributed by atoms with E-state index in [9.17, 15) is 4.79 Å². The molecule has 1 aliphatic rings. The Labute approximate surface area is 86.1 Å². The van der Waals surface area contributed by atoms with Crippen LogP contribution < -0.4 is 10.4 Å². The summed E-state index contributed by atoms with van der Waals surface area (Å²) < 4.78 is 1.31. The smallest absolute Gasteiger partial charge is 0.294 e. The minimum absolute atomic E-state index is 0.0296. The molecule has 0 radical (unpaired) electrons. The van der Waals surface area contributed by atoms with Crippen molar-refractivity contribution in [1.82, 2.24) is 9.71 Å². The fraction of sp³-hybridized carbons (Fsp3) is 0.273. The van der Waals surface area contributed by atoms with Crippen LogP contribution in [0.4, 0.5) is 0 Å². The minimum Gasteiger partial charge on any atom is -0.406 e. The zero-order chi connectivity index (χ0) is 10.4. The van der Waals surface area contributed by atoms with E-state index in [4.69, 9.17) is 4.84 Å². The molecule has 1 aliphatic heterocycles. The third-order valence-electron chi connectivity index (χ3n) is 2.56. The Hall–Kier alpha value is -1.84. The number of rotatable bonds is 0. The number of para-hydroxylation sites is 1. The maximum Gasteiger partial charge on any atom is 0.294 e. The van der Waals surface area contributed by atoms with E-state index in [1.165, 1.54) is 4.73 Å². The first-order valence-electron chi connectivity index (χ1n) is 4.93. The van der Waals surface area contributed by atoms with Gasteiger partial charge >= 0.3 is 0 Å². The van der Waals surface area contributed by atoms with Crippen molar-refractivity contribution in [1.29, 1.82) is 0 Å². The van der Waals surface area contributed by atoms with Crippen LogP contribution in [0.2, 0.25) is 0 Å². The molecule has 76 valence electrons. The van der Waals surface area contributed by atoms with Gasteiger partial charge in [0.05, 0.1) is 10.9 Å². The average molecular weight is 202 g/mol. The number of nitrogens with zero attached hydrogens (tertiary/aromatic N) is 2. The van der Waals surface area contributed by atoms with Crippen molar-refractivity contribution in [3.05, 3.63) is 40.4 Å². The van der Waals surface area contributed by atoms with Gasteiger partial charge in [0.2, 0.25) is 0 Å². The normalized spacial score (nSPS) is 18.9. The van der Waals surface area contributed by atoms with Gasteiger partial charge in [-0.25, -0.2) is 4.98 Å². The molecule has 0 amide bonds. The van der Waals surface area contributed by atoms with E-state index in [1.54, 1.807) is 6.07 Å². The van der Waals surface area contributed by atoms with Crippen LogP contribution in [0.3, 0.4) is 0 Å². The lowest BCUT2D eigenvalue weighted by Crippen LogP contribution is -2.27. The Bertz CT molecular complexity index is 589. The summed E-state index contributed by atoms with van der Waals surface area (Å²) in [6.07, 6.45) is 0.724. The molecule has 1 aromatic carbocycles. The fourth-order valence-electron chi connectivity index (χ4n) is 1.87. The number of aromatic nitrogens is 2. The second-order valence-electron chi connectivity index (χ2n) is 3.76. The molecule has 0 saturated heterocycles. The molecule has 4 nitrogen and oxygen atoms in total. The van der Waals surface area contributed by atoms with Crippen LogP contribution in [0.25, 0.3) is 10.9 Å². The molecule has 1 aromatic heterocycles. The first-order chi connectivity index (χ1) is 7.25. The van der Waals surface area contributed by atoms with Crippen molar-refractivity contribution >= 4 is 10.9 Å². The summed E-state index contributed by atoms with van der Waals surface area (Å²) in [5.41, 5.74) is 0.631. The Balaban J connectivity index is 2.40. The first-order valence-corrected chi connectivity index (χ1v) is 4.93. The highest BCUT2D eigenvalue weighted by atomic mass is 16.7. The van der Waals surface area contributed by atoms with E-state index in [0.29, 0.717) is 17.6 Å². The highest BCUT2D eigenvalue weighted by molar-refractivity contribution is 5.77. The largest absolute Gasteiger partial charge is 0.406 e. The van der Waals surface area contributed by atoms with E-state index >= 15 is 0 Å². The summed E-state index contributed by atoms with van der Waals surface area (Å²) >= 11 is 0. The molecule has 0 bridgehead atoms. The second-order valence-corrected chi connectivity index (χ2v) is 3.76. The number of hydrogen-bond donors (Lipinski definition) is 0. The van der Waals surface area contributed by atoms with Gasteiger partial charge in [-0.2, -0.15) is 0 Å².